The van der Waals surface area contributed by atoms with Crippen LogP contribution >= 0.6 is 0 Å². The lowest BCUT2D eigenvalue weighted by Gasteiger charge is -2.08. The Bertz CT molecular complexity index is 625. The van der Waals surface area contributed by atoms with Crippen LogP contribution in [0.1, 0.15) is 5.56 Å². The van der Waals surface area contributed by atoms with Crippen LogP contribution in [0.15, 0.2) is 41.3 Å². The molecule has 106 valence electrons. The van der Waals surface area contributed by atoms with Crippen molar-refractivity contribution in [1.29, 1.82) is 0 Å². The lowest BCUT2D eigenvalue weighted by atomic mass is 10.2. The maximum absolute atomic E-state index is 11.9. The zero-order chi connectivity index (χ0) is 14.4. The van der Waals surface area contributed by atoms with Gasteiger partial charge in [0.15, 0.2) is 0 Å². The van der Waals surface area contributed by atoms with Gasteiger partial charge in [0.25, 0.3) is 5.56 Å². The normalized spacial score (nSPS) is 10.3. The molecule has 0 spiro atoms. The number of ether oxygens (including phenoxy) is 2. The predicted octanol–water partition coefficient (Wildman–Crippen LogP) is 0.638. The van der Waals surface area contributed by atoms with Crippen LogP contribution in [0.5, 0.6) is 11.5 Å². The van der Waals surface area contributed by atoms with Crippen LogP contribution in [0.4, 0.5) is 0 Å². The van der Waals surface area contributed by atoms with E-state index in [1.807, 2.05) is 24.3 Å². The Hall–Kier alpha value is -2.34. The molecule has 0 radical (unpaired) electrons. The van der Waals surface area contributed by atoms with Crippen LogP contribution in [0.3, 0.4) is 0 Å². The van der Waals surface area contributed by atoms with Crippen molar-refractivity contribution in [3.8, 4) is 11.5 Å². The van der Waals surface area contributed by atoms with E-state index in [-0.39, 0.29) is 5.56 Å². The van der Waals surface area contributed by atoms with Crippen LogP contribution < -0.4 is 20.8 Å². The molecule has 0 unspecified atom stereocenters. The molecule has 0 saturated heterocycles. The molecule has 1 aromatic carbocycles. The summed E-state index contributed by atoms with van der Waals surface area (Å²) >= 11 is 0. The van der Waals surface area contributed by atoms with Gasteiger partial charge in [-0.15, -0.1) is 0 Å². The van der Waals surface area contributed by atoms with Gasteiger partial charge in [-0.3, -0.25) is 4.79 Å². The predicted molar refractivity (Wildman–Crippen MR) is 75.1 cm³/mol. The molecule has 0 fully saturated rings. The number of nitrogens with two attached hydrogens (primary N) is 1. The van der Waals surface area contributed by atoms with E-state index >= 15 is 0 Å². The first-order valence-corrected chi connectivity index (χ1v) is 6.26. The van der Waals surface area contributed by atoms with Crippen LogP contribution in [-0.2, 0) is 6.54 Å². The lowest BCUT2D eigenvalue weighted by Crippen LogP contribution is -2.23. The molecular weight excluding hydrogens is 258 g/mol. The summed E-state index contributed by atoms with van der Waals surface area (Å²) in [6, 6.07) is 8.91. The second-order valence-corrected chi connectivity index (χ2v) is 4.18. The van der Waals surface area contributed by atoms with Gasteiger partial charge in [-0.05, 0) is 17.7 Å². The summed E-state index contributed by atoms with van der Waals surface area (Å²) in [5.41, 5.74) is 6.05. The summed E-state index contributed by atoms with van der Waals surface area (Å²) in [5, 5.41) is 4.08. The fourth-order valence-corrected chi connectivity index (χ4v) is 1.74. The van der Waals surface area contributed by atoms with Crippen LogP contribution in [-0.4, -0.2) is 30.0 Å². The van der Waals surface area contributed by atoms with E-state index in [9.17, 15) is 4.79 Å². The number of benzene rings is 1. The van der Waals surface area contributed by atoms with Crippen molar-refractivity contribution in [2.45, 2.75) is 6.54 Å². The fourth-order valence-electron chi connectivity index (χ4n) is 1.74. The molecule has 0 atom stereocenters. The molecule has 0 saturated carbocycles. The van der Waals surface area contributed by atoms with Crippen LogP contribution in [0.25, 0.3) is 0 Å². The van der Waals surface area contributed by atoms with E-state index in [0.717, 1.165) is 11.3 Å². The highest BCUT2D eigenvalue weighted by atomic mass is 16.5. The summed E-state index contributed by atoms with van der Waals surface area (Å²) in [5.74, 6) is 1.18. The van der Waals surface area contributed by atoms with Crippen LogP contribution in [0, 0.1) is 0 Å². The largest absolute Gasteiger partial charge is 0.497 e. The van der Waals surface area contributed by atoms with E-state index in [0.29, 0.717) is 25.4 Å². The van der Waals surface area contributed by atoms with E-state index in [4.69, 9.17) is 15.2 Å². The molecule has 2 N–H and O–H groups in total. The number of methoxy groups -OCH3 is 1. The molecule has 0 aliphatic carbocycles. The van der Waals surface area contributed by atoms with Crippen molar-refractivity contribution >= 4 is 0 Å². The van der Waals surface area contributed by atoms with E-state index in [1.165, 1.54) is 16.9 Å². The topological polar surface area (TPSA) is 79.4 Å². The number of aromatic nitrogens is 2. The van der Waals surface area contributed by atoms with E-state index in [2.05, 4.69) is 5.10 Å². The maximum Gasteiger partial charge on any atom is 0.270 e. The highest BCUT2D eigenvalue weighted by Crippen LogP contribution is 2.13. The zero-order valence-electron chi connectivity index (χ0n) is 11.3. The summed E-state index contributed by atoms with van der Waals surface area (Å²) < 4.78 is 11.8. The second kappa shape index (κ2) is 6.72. The molecule has 2 aromatic rings. The Balaban J connectivity index is 2.15. The third-order valence-electron chi connectivity index (χ3n) is 2.70. The van der Waals surface area contributed by atoms with Crippen LogP contribution in [0.2, 0.25) is 0 Å². The monoisotopic (exact) mass is 275 g/mol. The molecule has 0 aliphatic heterocycles. The fraction of sp³-hybridized carbons (Fsp3) is 0.286. The average Bonchev–Trinajstić information content (AvgIpc) is 2.48. The molecule has 1 heterocycles. The number of nitrogens with zero attached hydrogens (tertiary/aromatic N) is 2. The van der Waals surface area contributed by atoms with Gasteiger partial charge in [-0.2, -0.15) is 5.10 Å². The van der Waals surface area contributed by atoms with Gasteiger partial charge in [-0.25, -0.2) is 4.68 Å². The zero-order valence-corrected chi connectivity index (χ0v) is 11.3. The molecule has 6 nitrogen and oxygen atoms in total. The van der Waals surface area contributed by atoms with E-state index < -0.39 is 0 Å². The third-order valence-corrected chi connectivity index (χ3v) is 2.70. The van der Waals surface area contributed by atoms with Gasteiger partial charge in [0, 0.05) is 12.6 Å². The van der Waals surface area contributed by atoms with Gasteiger partial charge >= 0.3 is 0 Å². The lowest BCUT2D eigenvalue weighted by molar-refractivity contribution is 0.324. The van der Waals surface area contributed by atoms with Crippen molar-refractivity contribution < 1.29 is 9.47 Å². The first kappa shape index (κ1) is 14.1. The quantitative estimate of drug-likeness (QED) is 0.836. The molecule has 20 heavy (non-hydrogen) atoms. The Morgan fingerprint density at radius 1 is 1.30 bits per heavy atom. The van der Waals surface area contributed by atoms with E-state index in [1.54, 1.807) is 7.11 Å². The van der Waals surface area contributed by atoms with Crippen molar-refractivity contribution in [3.05, 3.63) is 52.4 Å². The minimum Gasteiger partial charge on any atom is -0.497 e. The van der Waals surface area contributed by atoms with Gasteiger partial charge in [-0.1, -0.05) is 12.1 Å². The maximum atomic E-state index is 11.9. The molecule has 0 aliphatic rings. The van der Waals surface area contributed by atoms with Gasteiger partial charge in [0.05, 0.1) is 19.9 Å². The molecule has 6 heteroatoms. The summed E-state index contributed by atoms with van der Waals surface area (Å²) in [6.07, 6.45) is 1.51. The minimum absolute atomic E-state index is 0.220. The SMILES string of the molecule is COc1cccc(Cn2ncc(OCCN)cc2=O)c1. The van der Waals surface area contributed by atoms with Crippen molar-refractivity contribution in [2.24, 2.45) is 5.73 Å². The Morgan fingerprint density at radius 3 is 2.85 bits per heavy atom. The minimum atomic E-state index is -0.220. The standard InChI is InChI=1S/C14H17N3O3/c1-19-12-4-2-3-11(7-12)10-17-14(18)8-13(9-16-17)20-6-5-15/h2-4,7-9H,5-6,10,15H2,1H3. The van der Waals surface area contributed by atoms with Gasteiger partial charge in [0.1, 0.15) is 18.1 Å². The Morgan fingerprint density at radius 2 is 2.15 bits per heavy atom. The summed E-state index contributed by atoms with van der Waals surface area (Å²) in [7, 11) is 1.60. The van der Waals surface area contributed by atoms with Gasteiger partial charge in [0.2, 0.25) is 0 Å². The summed E-state index contributed by atoms with van der Waals surface area (Å²) in [6.45, 7) is 1.14. The summed E-state index contributed by atoms with van der Waals surface area (Å²) in [4.78, 5) is 11.9. The first-order chi connectivity index (χ1) is 9.72. The number of rotatable bonds is 6. The second-order valence-electron chi connectivity index (χ2n) is 4.18. The Labute approximate surface area is 116 Å². The van der Waals surface area contributed by atoms with Crippen molar-refractivity contribution in [1.82, 2.24) is 9.78 Å². The highest BCUT2D eigenvalue weighted by Gasteiger charge is 2.03. The third kappa shape index (κ3) is 3.58. The molecular formula is C14H17N3O3. The number of hydrogen-bond donors (Lipinski definition) is 1. The molecule has 0 bridgehead atoms. The molecule has 1 aromatic heterocycles. The smallest absolute Gasteiger partial charge is 0.270 e. The molecule has 2 rings (SSSR count). The van der Waals surface area contributed by atoms with Crippen molar-refractivity contribution in [3.63, 3.8) is 0 Å². The highest BCUT2D eigenvalue weighted by molar-refractivity contribution is 5.28. The first-order valence-electron chi connectivity index (χ1n) is 6.26. The average molecular weight is 275 g/mol. The Kier molecular flexibility index (Phi) is 4.73. The van der Waals surface area contributed by atoms with Crippen molar-refractivity contribution in [2.75, 3.05) is 20.3 Å². The molecule has 0 amide bonds. The van der Waals surface area contributed by atoms with Gasteiger partial charge < -0.3 is 15.2 Å². The number of hydrogen-bond acceptors (Lipinski definition) is 5.